The van der Waals surface area contributed by atoms with E-state index in [1.165, 1.54) is 21.5 Å². The Labute approximate surface area is 92.7 Å². The molecule has 0 unspecified atom stereocenters. The summed E-state index contributed by atoms with van der Waals surface area (Å²) in [4.78, 5) is 0. The monoisotopic (exact) mass is 213 g/mol. The van der Waals surface area contributed by atoms with E-state index in [0.29, 0.717) is 0 Å². The lowest BCUT2D eigenvalue weighted by molar-refractivity contribution is 0.954. The maximum Gasteiger partial charge on any atom is 0.0600 e. The summed E-state index contributed by atoms with van der Waals surface area (Å²) < 4.78 is 3.63. The largest absolute Gasteiger partial charge is 0.343 e. The first-order chi connectivity index (χ1) is 7.38. The Morgan fingerprint density at radius 2 is 1.87 bits per heavy atom. The minimum absolute atomic E-state index is 1.29. The van der Waals surface area contributed by atoms with E-state index in [4.69, 9.17) is 0 Å². The molecule has 0 saturated carbocycles. The molecule has 74 valence electrons. The Bertz CT molecular complexity index is 593. The van der Waals surface area contributed by atoms with Crippen molar-refractivity contribution in [2.45, 2.75) is 0 Å². The van der Waals surface area contributed by atoms with Gasteiger partial charge in [-0.3, -0.25) is 0 Å². The van der Waals surface area contributed by atoms with E-state index in [9.17, 15) is 0 Å². The molecule has 1 nitrogen and oxygen atoms in total. The van der Waals surface area contributed by atoms with Gasteiger partial charge >= 0.3 is 0 Å². The van der Waals surface area contributed by atoms with Gasteiger partial charge in [0.2, 0.25) is 0 Å². The first-order valence-electron chi connectivity index (χ1n) is 4.95. The molecule has 0 atom stereocenters. The zero-order valence-corrected chi connectivity index (χ0v) is 9.29. The van der Waals surface area contributed by atoms with Gasteiger partial charge in [-0.1, -0.05) is 30.4 Å². The van der Waals surface area contributed by atoms with Gasteiger partial charge in [0.15, 0.2) is 0 Å². The first-order valence-corrected chi connectivity index (χ1v) is 5.83. The van der Waals surface area contributed by atoms with Crippen LogP contribution in [-0.2, 0) is 7.05 Å². The Morgan fingerprint density at radius 3 is 2.73 bits per heavy atom. The molecule has 0 bridgehead atoms. The predicted molar refractivity (Wildman–Crippen MR) is 68.0 cm³/mol. The molecule has 0 aliphatic heterocycles. The molecule has 2 heteroatoms. The van der Waals surface area contributed by atoms with E-state index in [1.54, 1.807) is 0 Å². The molecule has 0 N–H and O–H groups in total. The lowest BCUT2D eigenvalue weighted by Crippen LogP contribution is -1.90. The Hall–Kier alpha value is -1.54. The molecule has 2 heterocycles. The average molecular weight is 213 g/mol. The van der Waals surface area contributed by atoms with Crippen molar-refractivity contribution in [1.29, 1.82) is 0 Å². The first kappa shape index (κ1) is 8.74. The second-order valence-electron chi connectivity index (χ2n) is 3.60. The van der Waals surface area contributed by atoms with E-state index in [-0.39, 0.29) is 0 Å². The molecular formula is C13H11NS. The number of allylic oxidation sites excluding steroid dienone is 4. The molecule has 0 fully saturated rings. The number of rotatable bonds is 0. The van der Waals surface area contributed by atoms with Gasteiger partial charge < -0.3 is 4.57 Å². The van der Waals surface area contributed by atoms with Crippen molar-refractivity contribution < 1.29 is 0 Å². The van der Waals surface area contributed by atoms with Crippen LogP contribution in [-0.4, -0.2) is 4.57 Å². The highest BCUT2D eigenvalue weighted by atomic mass is 32.1. The maximum atomic E-state index is 2.25. The number of fused-ring (bicyclic) bond motifs is 3. The van der Waals surface area contributed by atoms with Crippen LogP contribution in [0.3, 0.4) is 0 Å². The van der Waals surface area contributed by atoms with Crippen molar-refractivity contribution in [3.8, 4) is 0 Å². The molecule has 0 spiro atoms. The summed E-state index contributed by atoms with van der Waals surface area (Å²) >= 11 is 1.81. The fourth-order valence-electron chi connectivity index (χ4n) is 1.98. The molecule has 0 radical (unpaired) electrons. The van der Waals surface area contributed by atoms with Gasteiger partial charge in [0.05, 0.1) is 10.2 Å². The second kappa shape index (κ2) is 3.24. The van der Waals surface area contributed by atoms with Crippen LogP contribution in [0.15, 0.2) is 35.8 Å². The highest BCUT2D eigenvalue weighted by Gasteiger charge is 2.11. The fourth-order valence-corrected chi connectivity index (χ4v) is 2.94. The molecule has 2 aromatic heterocycles. The smallest absolute Gasteiger partial charge is 0.0600 e. The molecular weight excluding hydrogens is 202 g/mol. The normalized spacial score (nSPS) is 14.2. The van der Waals surface area contributed by atoms with Gasteiger partial charge in [-0.15, -0.1) is 11.3 Å². The number of aromatic nitrogens is 1. The van der Waals surface area contributed by atoms with Gasteiger partial charge in [0.25, 0.3) is 0 Å². The second-order valence-corrected chi connectivity index (χ2v) is 4.51. The van der Waals surface area contributed by atoms with Crippen molar-refractivity contribution in [1.82, 2.24) is 4.57 Å². The summed E-state index contributed by atoms with van der Waals surface area (Å²) in [5.41, 5.74) is 3.95. The fraction of sp³-hybridized carbons (Fsp3) is 0.0769. The quantitative estimate of drug-likeness (QED) is 0.626. The molecule has 3 rings (SSSR count). The van der Waals surface area contributed by atoms with Gasteiger partial charge in [0.1, 0.15) is 0 Å². The van der Waals surface area contributed by atoms with Crippen molar-refractivity contribution in [2.75, 3.05) is 0 Å². The van der Waals surface area contributed by atoms with Crippen molar-refractivity contribution in [3.63, 3.8) is 0 Å². The van der Waals surface area contributed by atoms with E-state index in [2.05, 4.69) is 59.5 Å². The Kier molecular flexibility index (Phi) is 1.89. The number of aryl methyl sites for hydroxylation is 1. The third-order valence-corrected chi connectivity index (χ3v) is 3.67. The van der Waals surface area contributed by atoms with E-state index in [1.807, 2.05) is 11.3 Å². The van der Waals surface area contributed by atoms with Crippen molar-refractivity contribution >= 4 is 33.7 Å². The van der Waals surface area contributed by atoms with Crippen LogP contribution >= 0.6 is 11.3 Å². The zero-order chi connectivity index (χ0) is 10.3. The highest BCUT2D eigenvalue weighted by molar-refractivity contribution is 7.17. The van der Waals surface area contributed by atoms with Crippen LogP contribution in [0.2, 0.25) is 0 Å². The Balaban J connectivity index is 2.42. The van der Waals surface area contributed by atoms with Crippen molar-refractivity contribution in [3.05, 3.63) is 47.0 Å². The molecule has 15 heavy (non-hydrogen) atoms. The molecule has 0 amide bonds. The van der Waals surface area contributed by atoms with Crippen LogP contribution in [0.1, 0.15) is 11.3 Å². The van der Waals surface area contributed by atoms with Gasteiger partial charge in [-0.25, -0.2) is 0 Å². The predicted octanol–water partition coefficient (Wildman–Crippen LogP) is 3.84. The summed E-state index contributed by atoms with van der Waals surface area (Å²) in [6.45, 7) is 0. The lowest BCUT2D eigenvalue weighted by atomic mass is 10.2. The molecule has 0 aromatic carbocycles. The van der Waals surface area contributed by atoms with E-state index >= 15 is 0 Å². The Morgan fingerprint density at radius 1 is 1.07 bits per heavy atom. The van der Waals surface area contributed by atoms with Crippen LogP contribution in [0.4, 0.5) is 0 Å². The molecule has 2 aromatic rings. The van der Waals surface area contributed by atoms with Gasteiger partial charge in [-0.2, -0.15) is 0 Å². The van der Waals surface area contributed by atoms with E-state index in [0.717, 1.165) is 0 Å². The van der Waals surface area contributed by atoms with Gasteiger partial charge in [-0.05, 0) is 17.5 Å². The SMILES string of the molecule is Cn1c2c(c3sccc31)C=CC=CC=C2. The lowest BCUT2D eigenvalue weighted by Gasteiger charge is -2.00. The van der Waals surface area contributed by atoms with Gasteiger partial charge in [0, 0.05) is 18.3 Å². The van der Waals surface area contributed by atoms with Crippen LogP contribution < -0.4 is 0 Å². The third kappa shape index (κ3) is 1.22. The highest BCUT2D eigenvalue weighted by Crippen LogP contribution is 2.32. The van der Waals surface area contributed by atoms with Crippen LogP contribution in [0.5, 0.6) is 0 Å². The zero-order valence-electron chi connectivity index (χ0n) is 8.47. The third-order valence-electron chi connectivity index (χ3n) is 2.74. The summed E-state index contributed by atoms with van der Waals surface area (Å²) in [5.74, 6) is 0. The topological polar surface area (TPSA) is 4.93 Å². The van der Waals surface area contributed by atoms with Crippen molar-refractivity contribution in [2.24, 2.45) is 7.05 Å². The summed E-state index contributed by atoms with van der Waals surface area (Å²) in [7, 11) is 2.12. The molecule has 1 aliphatic rings. The number of thiophene rings is 1. The summed E-state index contributed by atoms with van der Waals surface area (Å²) in [5, 5.41) is 2.15. The summed E-state index contributed by atoms with van der Waals surface area (Å²) in [6, 6.07) is 2.18. The molecule has 1 aliphatic carbocycles. The number of hydrogen-bond donors (Lipinski definition) is 0. The average Bonchev–Trinajstić information content (AvgIpc) is 2.72. The minimum Gasteiger partial charge on any atom is -0.343 e. The maximum absolute atomic E-state index is 2.25. The summed E-state index contributed by atoms with van der Waals surface area (Å²) in [6.07, 6.45) is 12.7. The minimum atomic E-state index is 1.29. The van der Waals surface area contributed by atoms with Crippen LogP contribution in [0.25, 0.3) is 22.4 Å². The number of hydrogen-bond acceptors (Lipinski definition) is 1. The van der Waals surface area contributed by atoms with Crippen LogP contribution in [0, 0.1) is 0 Å². The number of nitrogens with zero attached hydrogens (tertiary/aromatic N) is 1. The standard InChI is InChI=1S/C13H11NS/c1-14-11-7-5-3-2-4-6-10(11)13-12(14)8-9-15-13/h2-9H,1H3. The molecule has 0 saturated heterocycles. The van der Waals surface area contributed by atoms with E-state index < -0.39 is 0 Å².